The van der Waals surface area contributed by atoms with Crippen LogP contribution < -0.4 is 10.6 Å². The zero-order valence-corrected chi connectivity index (χ0v) is 12.1. The second kappa shape index (κ2) is 6.86. The molecule has 0 radical (unpaired) electrons. The molecule has 0 saturated carbocycles. The van der Waals surface area contributed by atoms with Crippen LogP contribution in [0.25, 0.3) is 0 Å². The summed E-state index contributed by atoms with van der Waals surface area (Å²) in [4.78, 5) is 12.5. The van der Waals surface area contributed by atoms with Crippen molar-refractivity contribution in [2.24, 2.45) is 0 Å². The number of aliphatic hydroxyl groups excluding tert-OH is 1. The number of aliphatic hydroxyl groups is 1. The van der Waals surface area contributed by atoms with Crippen molar-refractivity contribution in [3.63, 3.8) is 0 Å². The van der Waals surface area contributed by atoms with Crippen LogP contribution in [0.5, 0.6) is 0 Å². The van der Waals surface area contributed by atoms with Crippen LogP contribution in [-0.2, 0) is 11.2 Å². The summed E-state index contributed by atoms with van der Waals surface area (Å²) in [5, 5.41) is 15.8. The Morgan fingerprint density at radius 2 is 2.20 bits per heavy atom. The third-order valence-corrected chi connectivity index (χ3v) is 4.16. The highest BCUT2D eigenvalue weighted by atomic mass is 16.3. The molecular formula is C16H24N2O2. The first-order valence-electron chi connectivity index (χ1n) is 7.41. The Labute approximate surface area is 120 Å². The highest BCUT2D eigenvalue weighted by Gasteiger charge is 2.39. The van der Waals surface area contributed by atoms with E-state index in [1.54, 1.807) is 0 Å². The summed E-state index contributed by atoms with van der Waals surface area (Å²) < 4.78 is 0. The van der Waals surface area contributed by atoms with Crippen molar-refractivity contribution in [3.05, 3.63) is 35.9 Å². The van der Waals surface area contributed by atoms with Crippen LogP contribution in [0.4, 0.5) is 0 Å². The number of hydrogen-bond donors (Lipinski definition) is 3. The van der Waals surface area contributed by atoms with E-state index >= 15 is 0 Å². The second-order valence-corrected chi connectivity index (χ2v) is 5.51. The molecule has 1 aliphatic rings. The number of carbonyl (C=O) groups excluding carboxylic acids is 1. The van der Waals surface area contributed by atoms with Crippen molar-refractivity contribution in [3.8, 4) is 0 Å². The van der Waals surface area contributed by atoms with Gasteiger partial charge in [0.25, 0.3) is 0 Å². The average molecular weight is 276 g/mol. The Kier molecular flexibility index (Phi) is 5.15. The summed E-state index contributed by atoms with van der Waals surface area (Å²) in [6.07, 6.45) is 3.34. The zero-order chi connectivity index (χ0) is 14.4. The fourth-order valence-electron chi connectivity index (χ4n) is 2.85. The molecule has 4 heteroatoms. The highest BCUT2D eigenvalue weighted by Crippen LogP contribution is 2.23. The molecular weight excluding hydrogens is 252 g/mol. The van der Waals surface area contributed by atoms with Crippen molar-refractivity contribution in [1.29, 1.82) is 0 Å². The van der Waals surface area contributed by atoms with Crippen LogP contribution in [0.2, 0.25) is 0 Å². The molecule has 0 aliphatic carbocycles. The normalized spacial score (nSPS) is 23.5. The van der Waals surface area contributed by atoms with Gasteiger partial charge in [-0.05, 0) is 37.8 Å². The Morgan fingerprint density at radius 1 is 1.45 bits per heavy atom. The molecule has 1 fully saturated rings. The van der Waals surface area contributed by atoms with E-state index in [4.69, 9.17) is 0 Å². The van der Waals surface area contributed by atoms with Gasteiger partial charge in [-0.15, -0.1) is 0 Å². The van der Waals surface area contributed by atoms with Gasteiger partial charge in [0.05, 0.1) is 18.2 Å². The lowest BCUT2D eigenvalue weighted by Crippen LogP contribution is -2.56. The molecule has 1 unspecified atom stereocenters. The summed E-state index contributed by atoms with van der Waals surface area (Å²) in [7, 11) is 0. The van der Waals surface area contributed by atoms with Gasteiger partial charge in [0.15, 0.2) is 0 Å². The van der Waals surface area contributed by atoms with Crippen molar-refractivity contribution >= 4 is 5.91 Å². The van der Waals surface area contributed by atoms with Crippen LogP contribution >= 0.6 is 0 Å². The first-order valence-corrected chi connectivity index (χ1v) is 7.41. The van der Waals surface area contributed by atoms with Gasteiger partial charge in [-0.3, -0.25) is 4.79 Å². The van der Waals surface area contributed by atoms with Crippen molar-refractivity contribution in [2.75, 3.05) is 13.2 Å². The lowest BCUT2D eigenvalue weighted by atomic mass is 9.92. The fourth-order valence-corrected chi connectivity index (χ4v) is 2.85. The fraction of sp³-hybridized carbons (Fsp3) is 0.562. The van der Waals surface area contributed by atoms with Crippen molar-refractivity contribution in [1.82, 2.24) is 10.6 Å². The van der Waals surface area contributed by atoms with E-state index in [0.29, 0.717) is 6.42 Å². The zero-order valence-electron chi connectivity index (χ0n) is 12.1. The maximum atomic E-state index is 12.5. The molecule has 0 aromatic heterocycles. The summed E-state index contributed by atoms with van der Waals surface area (Å²) >= 11 is 0. The van der Waals surface area contributed by atoms with Crippen LogP contribution in [0.1, 0.15) is 31.7 Å². The Hall–Kier alpha value is -1.39. The molecule has 2 atom stereocenters. The maximum Gasteiger partial charge on any atom is 0.240 e. The van der Waals surface area contributed by atoms with Crippen LogP contribution in [-0.4, -0.2) is 35.7 Å². The number of nitrogens with one attached hydrogen (secondary N) is 2. The van der Waals surface area contributed by atoms with E-state index < -0.39 is 5.54 Å². The molecule has 110 valence electrons. The lowest BCUT2D eigenvalue weighted by molar-refractivity contribution is -0.128. The molecule has 1 amide bonds. The predicted molar refractivity (Wildman–Crippen MR) is 79.4 cm³/mol. The number of amides is 1. The van der Waals surface area contributed by atoms with Gasteiger partial charge in [-0.25, -0.2) is 0 Å². The van der Waals surface area contributed by atoms with Crippen molar-refractivity contribution < 1.29 is 9.90 Å². The van der Waals surface area contributed by atoms with Crippen LogP contribution in [0.15, 0.2) is 30.3 Å². The van der Waals surface area contributed by atoms with Gasteiger partial charge in [-0.1, -0.05) is 37.3 Å². The van der Waals surface area contributed by atoms with Gasteiger partial charge >= 0.3 is 0 Å². The third kappa shape index (κ3) is 3.38. The Morgan fingerprint density at radius 3 is 2.75 bits per heavy atom. The first kappa shape index (κ1) is 15.0. The third-order valence-electron chi connectivity index (χ3n) is 4.16. The predicted octanol–water partition coefficient (Wildman–Crippen LogP) is 1.24. The van der Waals surface area contributed by atoms with E-state index in [0.717, 1.165) is 31.4 Å². The largest absolute Gasteiger partial charge is 0.394 e. The number of benzene rings is 1. The van der Waals surface area contributed by atoms with Gasteiger partial charge in [0.1, 0.15) is 0 Å². The first-order chi connectivity index (χ1) is 9.70. The quantitative estimate of drug-likeness (QED) is 0.732. The summed E-state index contributed by atoms with van der Waals surface area (Å²) in [6, 6.07) is 9.70. The van der Waals surface area contributed by atoms with Gasteiger partial charge in [-0.2, -0.15) is 0 Å². The molecule has 1 aromatic carbocycles. The summed E-state index contributed by atoms with van der Waals surface area (Å²) in [5.41, 5.74) is 0.682. The molecule has 1 aromatic rings. The van der Waals surface area contributed by atoms with E-state index in [1.807, 2.05) is 37.3 Å². The van der Waals surface area contributed by atoms with Gasteiger partial charge < -0.3 is 15.7 Å². The lowest BCUT2D eigenvalue weighted by Gasteiger charge is -2.29. The van der Waals surface area contributed by atoms with Gasteiger partial charge in [0, 0.05) is 0 Å². The molecule has 1 heterocycles. The Bertz CT molecular complexity index is 427. The molecule has 3 N–H and O–H groups in total. The minimum absolute atomic E-state index is 0.0208. The standard InChI is InChI=1S/C16H24N2O2/c1-2-16(9-6-10-17-16)15(20)18-14(12-19)11-13-7-4-3-5-8-13/h3-5,7-8,14,17,19H,2,6,9-12H2,1H3,(H,18,20)/t14-,16?/m0/s1. The molecule has 1 aliphatic heterocycles. The van der Waals surface area contributed by atoms with E-state index in [-0.39, 0.29) is 18.6 Å². The molecule has 2 rings (SSSR count). The van der Waals surface area contributed by atoms with E-state index in [9.17, 15) is 9.90 Å². The Balaban J connectivity index is 1.97. The maximum absolute atomic E-state index is 12.5. The summed E-state index contributed by atoms with van der Waals surface area (Å²) in [5.74, 6) is 0.0208. The molecule has 1 saturated heterocycles. The molecule has 0 spiro atoms. The monoisotopic (exact) mass is 276 g/mol. The number of hydrogen-bond acceptors (Lipinski definition) is 3. The van der Waals surface area contributed by atoms with Gasteiger partial charge in [0.2, 0.25) is 5.91 Å². The molecule has 0 bridgehead atoms. The SMILES string of the molecule is CCC1(C(=O)N[C@H](CO)Cc2ccccc2)CCCN1. The highest BCUT2D eigenvalue weighted by molar-refractivity contribution is 5.86. The summed E-state index contributed by atoms with van der Waals surface area (Å²) in [6.45, 7) is 2.88. The molecule has 4 nitrogen and oxygen atoms in total. The van der Waals surface area contributed by atoms with E-state index in [2.05, 4.69) is 10.6 Å². The number of carbonyl (C=O) groups is 1. The average Bonchev–Trinajstić information content (AvgIpc) is 2.97. The second-order valence-electron chi connectivity index (χ2n) is 5.51. The minimum Gasteiger partial charge on any atom is -0.394 e. The smallest absolute Gasteiger partial charge is 0.240 e. The minimum atomic E-state index is -0.440. The van der Waals surface area contributed by atoms with Crippen molar-refractivity contribution in [2.45, 2.75) is 44.2 Å². The molecule has 20 heavy (non-hydrogen) atoms. The number of rotatable bonds is 6. The topological polar surface area (TPSA) is 61.4 Å². The van der Waals surface area contributed by atoms with E-state index in [1.165, 1.54) is 0 Å². The van der Waals surface area contributed by atoms with Crippen LogP contribution in [0, 0.1) is 0 Å². The van der Waals surface area contributed by atoms with Crippen LogP contribution in [0.3, 0.4) is 0 Å².